The van der Waals surface area contributed by atoms with Crippen LogP contribution in [0.15, 0.2) is 24.3 Å². The number of benzene rings is 1. The fourth-order valence-electron chi connectivity index (χ4n) is 1.31. The molecule has 1 rings (SSSR count). The molecule has 1 N–H and O–H groups in total. The minimum atomic E-state index is 0.249. The van der Waals surface area contributed by atoms with E-state index < -0.39 is 0 Å². The molecule has 0 atom stereocenters. The molecule has 1 aromatic rings. The highest BCUT2D eigenvalue weighted by Crippen LogP contribution is 2.18. The predicted molar refractivity (Wildman–Crippen MR) is 65.4 cm³/mol. The Morgan fingerprint density at radius 1 is 1.25 bits per heavy atom. The van der Waals surface area contributed by atoms with Gasteiger partial charge in [-0.25, -0.2) is 0 Å². The highest BCUT2D eigenvalue weighted by Gasteiger charge is 2.00. The summed E-state index contributed by atoms with van der Waals surface area (Å²) < 4.78 is 10.2. The lowest BCUT2D eigenvalue weighted by Gasteiger charge is -2.08. The Morgan fingerprint density at radius 2 is 1.88 bits per heavy atom. The molecule has 0 radical (unpaired) electrons. The van der Waals surface area contributed by atoms with Gasteiger partial charge < -0.3 is 9.47 Å². The van der Waals surface area contributed by atoms with Gasteiger partial charge in [0.25, 0.3) is 0 Å². The van der Waals surface area contributed by atoms with Gasteiger partial charge in [-0.05, 0) is 23.6 Å². The lowest BCUT2D eigenvalue weighted by Crippen LogP contribution is -2.06. The maximum atomic E-state index is 7.29. The molecule has 0 saturated heterocycles. The lowest BCUT2D eigenvalue weighted by molar-refractivity contribution is 0.307. The van der Waals surface area contributed by atoms with Crippen LogP contribution in [0.3, 0.4) is 0 Å². The zero-order valence-electron chi connectivity index (χ0n) is 10.1. The molecule has 0 aromatic heterocycles. The number of methoxy groups -OCH3 is 1. The van der Waals surface area contributed by atoms with Crippen LogP contribution < -0.4 is 4.74 Å². The Balaban J connectivity index is 2.40. The van der Waals surface area contributed by atoms with Crippen LogP contribution in [0.4, 0.5) is 0 Å². The van der Waals surface area contributed by atoms with Crippen molar-refractivity contribution in [2.45, 2.75) is 26.2 Å². The summed E-state index contributed by atoms with van der Waals surface area (Å²) in [6.45, 7) is 4.80. The SMILES string of the molecule is COC(=N)CCOc1ccc(C(C)C)cc1. The normalized spacial score (nSPS) is 10.2. The van der Waals surface area contributed by atoms with Gasteiger partial charge in [-0.15, -0.1) is 0 Å². The minimum Gasteiger partial charge on any atom is -0.493 e. The number of hydrogen-bond donors (Lipinski definition) is 1. The van der Waals surface area contributed by atoms with Crippen molar-refractivity contribution in [2.75, 3.05) is 13.7 Å². The van der Waals surface area contributed by atoms with Crippen molar-refractivity contribution in [3.05, 3.63) is 29.8 Å². The first-order chi connectivity index (χ1) is 7.63. The minimum absolute atomic E-state index is 0.249. The first-order valence-electron chi connectivity index (χ1n) is 5.47. The second kappa shape index (κ2) is 6.16. The van der Waals surface area contributed by atoms with Gasteiger partial charge in [0.1, 0.15) is 5.75 Å². The van der Waals surface area contributed by atoms with E-state index in [4.69, 9.17) is 14.9 Å². The summed E-state index contributed by atoms with van der Waals surface area (Å²) in [7, 11) is 1.50. The highest BCUT2D eigenvalue weighted by atomic mass is 16.5. The molecule has 0 aliphatic heterocycles. The molecule has 0 saturated carbocycles. The first-order valence-corrected chi connectivity index (χ1v) is 5.47. The van der Waals surface area contributed by atoms with Crippen LogP contribution in [0.1, 0.15) is 31.7 Å². The third kappa shape index (κ3) is 3.93. The van der Waals surface area contributed by atoms with E-state index in [1.54, 1.807) is 0 Å². The van der Waals surface area contributed by atoms with E-state index in [1.807, 2.05) is 12.1 Å². The summed E-state index contributed by atoms with van der Waals surface area (Å²) >= 11 is 0. The standard InChI is InChI=1S/C13H19NO2/c1-10(2)11-4-6-12(7-5-11)16-9-8-13(14)15-3/h4-7,10,14H,8-9H2,1-3H3. The molecule has 0 heterocycles. The molecule has 0 aliphatic carbocycles. The fraction of sp³-hybridized carbons (Fsp3) is 0.462. The van der Waals surface area contributed by atoms with Crippen molar-refractivity contribution >= 4 is 5.90 Å². The summed E-state index contributed by atoms with van der Waals surface area (Å²) in [4.78, 5) is 0. The number of ether oxygens (including phenoxy) is 2. The van der Waals surface area contributed by atoms with E-state index >= 15 is 0 Å². The average molecular weight is 221 g/mol. The van der Waals surface area contributed by atoms with E-state index in [2.05, 4.69) is 26.0 Å². The Hall–Kier alpha value is -1.51. The van der Waals surface area contributed by atoms with Crippen molar-refractivity contribution in [3.8, 4) is 5.75 Å². The van der Waals surface area contributed by atoms with E-state index in [1.165, 1.54) is 12.7 Å². The van der Waals surface area contributed by atoms with Crippen LogP contribution in [-0.4, -0.2) is 19.6 Å². The Labute approximate surface area is 96.9 Å². The zero-order valence-corrected chi connectivity index (χ0v) is 10.1. The maximum Gasteiger partial charge on any atom is 0.183 e. The third-order valence-electron chi connectivity index (χ3n) is 2.39. The Kier molecular flexibility index (Phi) is 4.83. The molecule has 0 bridgehead atoms. The topological polar surface area (TPSA) is 42.3 Å². The molecular weight excluding hydrogens is 202 g/mol. The van der Waals surface area contributed by atoms with E-state index in [0.29, 0.717) is 18.9 Å². The lowest BCUT2D eigenvalue weighted by atomic mass is 10.0. The molecule has 3 heteroatoms. The molecule has 3 nitrogen and oxygen atoms in total. The van der Waals surface area contributed by atoms with Crippen molar-refractivity contribution in [2.24, 2.45) is 0 Å². The fourth-order valence-corrected chi connectivity index (χ4v) is 1.31. The molecule has 0 aliphatic rings. The molecule has 1 aromatic carbocycles. The second-order valence-corrected chi connectivity index (χ2v) is 3.95. The smallest absolute Gasteiger partial charge is 0.183 e. The van der Waals surface area contributed by atoms with Gasteiger partial charge in [-0.3, -0.25) is 5.41 Å². The van der Waals surface area contributed by atoms with Crippen molar-refractivity contribution in [1.29, 1.82) is 5.41 Å². The summed E-state index contributed by atoms with van der Waals surface area (Å²) in [5.41, 5.74) is 1.30. The molecule has 88 valence electrons. The molecule has 0 fully saturated rings. The van der Waals surface area contributed by atoms with E-state index in [9.17, 15) is 0 Å². The van der Waals surface area contributed by atoms with Gasteiger partial charge in [0.15, 0.2) is 5.90 Å². The van der Waals surface area contributed by atoms with E-state index in [-0.39, 0.29) is 5.90 Å². The maximum absolute atomic E-state index is 7.29. The Morgan fingerprint density at radius 3 is 2.38 bits per heavy atom. The number of rotatable bonds is 5. The van der Waals surface area contributed by atoms with Gasteiger partial charge in [-0.1, -0.05) is 26.0 Å². The van der Waals surface area contributed by atoms with Gasteiger partial charge in [0.05, 0.1) is 20.1 Å². The van der Waals surface area contributed by atoms with Crippen LogP contribution in [0.5, 0.6) is 5.75 Å². The van der Waals surface area contributed by atoms with E-state index in [0.717, 1.165) is 5.75 Å². The van der Waals surface area contributed by atoms with Crippen LogP contribution in [0.2, 0.25) is 0 Å². The average Bonchev–Trinajstić information content (AvgIpc) is 2.29. The highest BCUT2D eigenvalue weighted by molar-refractivity contribution is 5.72. The summed E-state index contributed by atoms with van der Waals surface area (Å²) in [6.07, 6.45) is 0.502. The van der Waals surface area contributed by atoms with Crippen molar-refractivity contribution in [3.63, 3.8) is 0 Å². The van der Waals surface area contributed by atoms with Crippen LogP contribution in [0, 0.1) is 5.41 Å². The largest absolute Gasteiger partial charge is 0.493 e. The summed E-state index contributed by atoms with van der Waals surface area (Å²) in [6, 6.07) is 8.07. The summed E-state index contributed by atoms with van der Waals surface area (Å²) in [5.74, 6) is 1.63. The zero-order chi connectivity index (χ0) is 12.0. The van der Waals surface area contributed by atoms with Crippen molar-refractivity contribution in [1.82, 2.24) is 0 Å². The molecular formula is C13H19NO2. The van der Waals surface area contributed by atoms with Gasteiger partial charge in [0, 0.05) is 0 Å². The predicted octanol–water partition coefficient (Wildman–Crippen LogP) is 3.20. The van der Waals surface area contributed by atoms with Crippen LogP contribution >= 0.6 is 0 Å². The van der Waals surface area contributed by atoms with Crippen LogP contribution in [-0.2, 0) is 4.74 Å². The third-order valence-corrected chi connectivity index (χ3v) is 2.39. The molecule has 0 amide bonds. The number of nitrogens with one attached hydrogen (secondary N) is 1. The van der Waals surface area contributed by atoms with Gasteiger partial charge in [-0.2, -0.15) is 0 Å². The first kappa shape index (κ1) is 12.6. The molecule has 16 heavy (non-hydrogen) atoms. The quantitative estimate of drug-likeness (QED) is 0.612. The Bertz CT molecular complexity index is 330. The van der Waals surface area contributed by atoms with Gasteiger partial charge >= 0.3 is 0 Å². The number of hydrogen-bond acceptors (Lipinski definition) is 3. The molecule has 0 unspecified atom stereocenters. The van der Waals surface area contributed by atoms with Crippen LogP contribution in [0.25, 0.3) is 0 Å². The molecule has 0 spiro atoms. The summed E-state index contributed by atoms with van der Waals surface area (Å²) in [5, 5.41) is 7.29. The second-order valence-electron chi connectivity index (χ2n) is 3.95. The van der Waals surface area contributed by atoms with Gasteiger partial charge in [0.2, 0.25) is 0 Å². The monoisotopic (exact) mass is 221 g/mol. The van der Waals surface area contributed by atoms with Crippen molar-refractivity contribution < 1.29 is 9.47 Å².